The van der Waals surface area contributed by atoms with Gasteiger partial charge >= 0.3 is 5.97 Å². The molecule has 0 saturated carbocycles. The monoisotopic (exact) mass is 284 g/mol. The standard InChI is InChI=1S/C12H13BrO3/c1-15-11(7-12(14)16-2)10-6-4-3-5-9(10)8-13/h3-7H,8H2,1-2H3/b11-7-. The lowest BCUT2D eigenvalue weighted by Crippen LogP contribution is -2.00. The Balaban J connectivity index is 3.13. The number of hydrogen-bond acceptors (Lipinski definition) is 3. The van der Waals surface area contributed by atoms with Crippen molar-refractivity contribution < 1.29 is 14.3 Å². The topological polar surface area (TPSA) is 35.5 Å². The first-order chi connectivity index (χ1) is 7.72. The molecule has 0 aliphatic heterocycles. The van der Waals surface area contributed by atoms with E-state index in [1.54, 1.807) is 0 Å². The Hall–Kier alpha value is -1.29. The van der Waals surface area contributed by atoms with Gasteiger partial charge in [-0.05, 0) is 5.56 Å². The van der Waals surface area contributed by atoms with Crippen LogP contribution in [0.15, 0.2) is 30.3 Å². The second-order valence-electron chi connectivity index (χ2n) is 3.03. The maximum Gasteiger partial charge on any atom is 0.334 e. The molecule has 0 spiro atoms. The summed E-state index contributed by atoms with van der Waals surface area (Å²) in [5.41, 5.74) is 1.94. The summed E-state index contributed by atoms with van der Waals surface area (Å²) in [6.07, 6.45) is 1.33. The Morgan fingerprint density at radius 2 is 2.00 bits per heavy atom. The third-order valence-electron chi connectivity index (χ3n) is 2.10. The molecule has 1 rings (SSSR count). The number of esters is 1. The highest BCUT2D eigenvalue weighted by Gasteiger charge is 2.09. The number of halogens is 1. The zero-order valence-electron chi connectivity index (χ0n) is 9.20. The average Bonchev–Trinajstić information content (AvgIpc) is 2.35. The van der Waals surface area contributed by atoms with Gasteiger partial charge in [0.1, 0.15) is 5.76 Å². The smallest absolute Gasteiger partial charge is 0.334 e. The molecule has 0 heterocycles. The fourth-order valence-electron chi connectivity index (χ4n) is 1.29. The van der Waals surface area contributed by atoms with E-state index in [1.165, 1.54) is 20.3 Å². The number of methoxy groups -OCH3 is 2. The molecular formula is C12H13BrO3. The van der Waals surface area contributed by atoms with E-state index in [4.69, 9.17) is 4.74 Å². The van der Waals surface area contributed by atoms with E-state index in [9.17, 15) is 4.79 Å². The summed E-state index contributed by atoms with van der Waals surface area (Å²) in [6, 6.07) is 7.69. The normalized spacial score (nSPS) is 11.1. The maximum absolute atomic E-state index is 11.2. The Morgan fingerprint density at radius 1 is 1.31 bits per heavy atom. The summed E-state index contributed by atoms with van der Waals surface area (Å²) in [7, 11) is 2.86. The summed E-state index contributed by atoms with van der Waals surface area (Å²) in [6.45, 7) is 0. The number of hydrogen-bond donors (Lipinski definition) is 0. The van der Waals surface area contributed by atoms with E-state index in [-0.39, 0.29) is 0 Å². The molecule has 3 nitrogen and oxygen atoms in total. The van der Waals surface area contributed by atoms with Gasteiger partial charge in [-0.1, -0.05) is 40.2 Å². The van der Waals surface area contributed by atoms with Gasteiger partial charge in [-0.15, -0.1) is 0 Å². The van der Waals surface area contributed by atoms with Gasteiger partial charge in [0, 0.05) is 10.9 Å². The lowest BCUT2D eigenvalue weighted by Gasteiger charge is -2.09. The van der Waals surface area contributed by atoms with Crippen LogP contribution in [-0.4, -0.2) is 20.2 Å². The third-order valence-corrected chi connectivity index (χ3v) is 2.70. The molecule has 0 N–H and O–H groups in total. The SMILES string of the molecule is COC(=O)/C=C(\OC)c1ccccc1CBr. The van der Waals surface area contributed by atoms with Gasteiger partial charge < -0.3 is 9.47 Å². The van der Waals surface area contributed by atoms with Crippen LogP contribution in [0.5, 0.6) is 0 Å². The highest BCUT2D eigenvalue weighted by atomic mass is 79.9. The van der Waals surface area contributed by atoms with Gasteiger partial charge in [0.05, 0.1) is 20.3 Å². The van der Waals surface area contributed by atoms with Crippen molar-refractivity contribution in [3.8, 4) is 0 Å². The molecule has 0 radical (unpaired) electrons. The van der Waals surface area contributed by atoms with E-state index in [0.717, 1.165) is 11.1 Å². The van der Waals surface area contributed by atoms with Crippen LogP contribution in [0.1, 0.15) is 11.1 Å². The molecule has 1 aromatic rings. The predicted octanol–water partition coefficient (Wildman–Crippen LogP) is 2.74. The van der Waals surface area contributed by atoms with E-state index < -0.39 is 5.97 Å². The summed E-state index contributed by atoms with van der Waals surface area (Å²) in [5, 5.41) is 0.699. The Labute approximate surface area is 103 Å². The predicted molar refractivity (Wildman–Crippen MR) is 66.1 cm³/mol. The van der Waals surface area contributed by atoms with Crippen LogP contribution in [-0.2, 0) is 19.6 Å². The Kier molecular flexibility index (Phi) is 5.05. The molecule has 16 heavy (non-hydrogen) atoms. The summed E-state index contributed by atoms with van der Waals surface area (Å²) < 4.78 is 9.76. The quantitative estimate of drug-likeness (QED) is 0.369. The molecule has 0 atom stereocenters. The third kappa shape index (κ3) is 3.10. The van der Waals surface area contributed by atoms with Gasteiger partial charge in [-0.2, -0.15) is 0 Å². The molecule has 0 unspecified atom stereocenters. The molecule has 0 aliphatic rings. The zero-order chi connectivity index (χ0) is 12.0. The lowest BCUT2D eigenvalue weighted by molar-refractivity contribution is -0.134. The highest BCUT2D eigenvalue weighted by molar-refractivity contribution is 9.08. The van der Waals surface area contributed by atoms with Crippen molar-refractivity contribution in [2.45, 2.75) is 5.33 Å². The average molecular weight is 285 g/mol. The second kappa shape index (κ2) is 6.33. The Bertz CT molecular complexity index is 399. The van der Waals surface area contributed by atoms with Gasteiger partial charge in [0.15, 0.2) is 0 Å². The fourth-order valence-corrected chi connectivity index (χ4v) is 1.78. The Morgan fingerprint density at radius 3 is 2.56 bits per heavy atom. The van der Waals surface area contributed by atoms with E-state index in [0.29, 0.717) is 11.1 Å². The molecular weight excluding hydrogens is 272 g/mol. The largest absolute Gasteiger partial charge is 0.496 e. The summed E-state index contributed by atoms with van der Waals surface area (Å²) >= 11 is 3.39. The van der Waals surface area contributed by atoms with Crippen LogP contribution in [0, 0.1) is 0 Å². The van der Waals surface area contributed by atoms with E-state index in [2.05, 4.69) is 20.7 Å². The van der Waals surface area contributed by atoms with Crippen molar-refractivity contribution in [2.75, 3.05) is 14.2 Å². The molecule has 0 aromatic heterocycles. The van der Waals surface area contributed by atoms with Crippen LogP contribution in [0.2, 0.25) is 0 Å². The first kappa shape index (κ1) is 12.8. The van der Waals surface area contributed by atoms with Crippen LogP contribution >= 0.6 is 15.9 Å². The number of rotatable bonds is 4. The van der Waals surface area contributed by atoms with E-state index >= 15 is 0 Å². The van der Waals surface area contributed by atoms with Gasteiger partial charge in [0.25, 0.3) is 0 Å². The van der Waals surface area contributed by atoms with Crippen molar-refractivity contribution in [2.24, 2.45) is 0 Å². The van der Waals surface area contributed by atoms with Crippen molar-refractivity contribution in [1.82, 2.24) is 0 Å². The molecule has 0 saturated heterocycles. The van der Waals surface area contributed by atoms with Gasteiger partial charge in [0.2, 0.25) is 0 Å². The van der Waals surface area contributed by atoms with Crippen molar-refractivity contribution in [3.05, 3.63) is 41.5 Å². The summed E-state index contributed by atoms with van der Waals surface area (Å²) in [4.78, 5) is 11.2. The van der Waals surface area contributed by atoms with Crippen molar-refractivity contribution in [3.63, 3.8) is 0 Å². The van der Waals surface area contributed by atoms with Crippen molar-refractivity contribution >= 4 is 27.7 Å². The lowest BCUT2D eigenvalue weighted by atomic mass is 10.1. The minimum atomic E-state index is -0.429. The van der Waals surface area contributed by atoms with Gasteiger partial charge in [-0.3, -0.25) is 0 Å². The minimum absolute atomic E-state index is 0.429. The van der Waals surface area contributed by atoms with Crippen LogP contribution in [0.4, 0.5) is 0 Å². The number of alkyl halides is 1. The van der Waals surface area contributed by atoms with E-state index in [1.807, 2.05) is 24.3 Å². The second-order valence-corrected chi connectivity index (χ2v) is 3.59. The molecule has 4 heteroatoms. The molecule has 0 amide bonds. The fraction of sp³-hybridized carbons (Fsp3) is 0.250. The highest BCUT2D eigenvalue weighted by Crippen LogP contribution is 2.21. The first-order valence-electron chi connectivity index (χ1n) is 4.70. The number of ether oxygens (including phenoxy) is 2. The van der Waals surface area contributed by atoms with Crippen molar-refractivity contribution in [1.29, 1.82) is 0 Å². The minimum Gasteiger partial charge on any atom is -0.496 e. The maximum atomic E-state index is 11.2. The van der Waals surface area contributed by atoms with Crippen LogP contribution in [0.25, 0.3) is 5.76 Å². The zero-order valence-corrected chi connectivity index (χ0v) is 10.8. The molecule has 86 valence electrons. The molecule has 0 bridgehead atoms. The van der Waals surface area contributed by atoms with Crippen LogP contribution < -0.4 is 0 Å². The first-order valence-corrected chi connectivity index (χ1v) is 5.83. The van der Waals surface area contributed by atoms with Crippen LogP contribution in [0.3, 0.4) is 0 Å². The molecule has 0 aliphatic carbocycles. The molecule has 0 fully saturated rings. The summed E-state index contributed by atoms with van der Waals surface area (Å²) in [5.74, 6) is 0.0723. The number of carbonyl (C=O) groups excluding carboxylic acids is 1. The number of carbonyl (C=O) groups is 1. The van der Waals surface area contributed by atoms with Gasteiger partial charge in [-0.25, -0.2) is 4.79 Å². The number of benzene rings is 1. The molecule has 1 aromatic carbocycles.